The van der Waals surface area contributed by atoms with E-state index in [9.17, 15) is 9.18 Å². The largest absolute Gasteiger partial charge is 0.351 e. The van der Waals surface area contributed by atoms with Gasteiger partial charge in [-0.15, -0.1) is 0 Å². The van der Waals surface area contributed by atoms with E-state index < -0.39 is 5.95 Å². The molecule has 2 heterocycles. The number of carbonyl (C=O) groups excluding carboxylic acids is 1. The van der Waals surface area contributed by atoms with Gasteiger partial charge in [0.1, 0.15) is 0 Å². The summed E-state index contributed by atoms with van der Waals surface area (Å²) in [6.45, 7) is 3.73. The molecule has 1 aliphatic heterocycles. The Bertz CT molecular complexity index is 374. The number of hydrogen-bond donors (Lipinski definition) is 1. The number of nitrogens with one attached hydrogen (secondary N) is 1. The highest BCUT2D eigenvalue weighted by atomic mass is 18.2. The second kappa shape index (κ2) is 5.72. The van der Waals surface area contributed by atoms with Crippen molar-refractivity contribution >= 4 is 5.91 Å². The summed E-state index contributed by atoms with van der Waals surface area (Å²) in [7, 11) is 0. The van der Waals surface area contributed by atoms with E-state index in [1.54, 1.807) is 0 Å². The highest BCUT2D eigenvalue weighted by Gasteiger charge is 2.11. The summed E-state index contributed by atoms with van der Waals surface area (Å²) in [5.74, 6) is -0.768. The van der Waals surface area contributed by atoms with Crippen LogP contribution in [0.25, 0.3) is 0 Å². The van der Waals surface area contributed by atoms with Crippen molar-refractivity contribution in [3.63, 3.8) is 0 Å². The van der Waals surface area contributed by atoms with Crippen LogP contribution in [0.2, 0.25) is 0 Å². The summed E-state index contributed by atoms with van der Waals surface area (Å²) in [5.41, 5.74) is 0.396. The van der Waals surface area contributed by atoms with Crippen LogP contribution in [0.4, 0.5) is 4.39 Å². The summed E-state index contributed by atoms with van der Waals surface area (Å²) in [6.07, 6.45) is 3.74. The fourth-order valence-corrected chi connectivity index (χ4v) is 1.95. The third-order valence-electron chi connectivity index (χ3n) is 2.90. The Morgan fingerprint density at radius 2 is 2.18 bits per heavy atom. The van der Waals surface area contributed by atoms with Gasteiger partial charge in [0.25, 0.3) is 5.91 Å². The molecule has 0 unspecified atom stereocenters. The molecular weight excluding hydrogens is 220 g/mol. The van der Waals surface area contributed by atoms with Gasteiger partial charge >= 0.3 is 0 Å². The predicted octanol–water partition coefficient (Wildman–Crippen LogP) is 1.05. The van der Waals surface area contributed by atoms with Gasteiger partial charge in [-0.3, -0.25) is 4.79 Å². The molecule has 0 spiro atoms. The number of nitrogens with zero attached hydrogens (tertiary/aromatic N) is 2. The molecule has 0 atom stereocenters. The first kappa shape index (κ1) is 12.0. The summed E-state index contributed by atoms with van der Waals surface area (Å²) in [5, 5.41) is 2.80. The Balaban J connectivity index is 1.75. The third-order valence-corrected chi connectivity index (χ3v) is 2.90. The summed E-state index contributed by atoms with van der Waals surface area (Å²) in [4.78, 5) is 17.4. The van der Waals surface area contributed by atoms with Crippen molar-refractivity contribution in [1.29, 1.82) is 0 Å². The maximum atomic E-state index is 12.6. The summed E-state index contributed by atoms with van der Waals surface area (Å²) < 4.78 is 12.6. The Morgan fingerprint density at radius 1 is 1.41 bits per heavy atom. The number of hydrogen-bond acceptors (Lipinski definition) is 3. The average Bonchev–Trinajstić information content (AvgIpc) is 2.83. The van der Waals surface area contributed by atoms with E-state index in [1.165, 1.54) is 31.2 Å². The minimum Gasteiger partial charge on any atom is -0.351 e. The van der Waals surface area contributed by atoms with Crippen LogP contribution in [0.5, 0.6) is 0 Å². The van der Waals surface area contributed by atoms with Gasteiger partial charge in [-0.2, -0.15) is 4.39 Å². The molecule has 1 aromatic heterocycles. The van der Waals surface area contributed by atoms with Crippen molar-refractivity contribution in [2.75, 3.05) is 26.2 Å². The molecule has 1 saturated heterocycles. The number of likely N-dealkylation sites (tertiary alicyclic amines) is 1. The molecule has 0 saturated carbocycles. The zero-order chi connectivity index (χ0) is 12.1. The minimum absolute atomic E-state index is 0.198. The first-order valence-electron chi connectivity index (χ1n) is 5.88. The molecule has 0 radical (unpaired) electrons. The van der Waals surface area contributed by atoms with E-state index in [-0.39, 0.29) is 5.91 Å². The van der Waals surface area contributed by atoms with Crippen molar-refractivity contribution in [2.24, 2.45) is 0 Å². The van der Waals surface area contributed by atoms with E-state index >= 15 is 0 Å². The lowest BCUT2D eigenvalue weighted by Crippen LogP contribution is -2.33. The normalized spacial score (nSPS) is 16.1. The molecule has 1 aromatic rings. The first-order chi connectivity index (χ1) is 8.25. The van der Waals surface area contributed by atoms with Gasteiger partial charge in [0.2, 0.25) is 5.95 Å². The Kier molecular flexibility index (Phi) is 4.03. The minimum atomic E-state index is -0.571. The third kappa shape index (κ3) is 3.49. The van der Waals surface area contributed by atoms with Crippen molar-refractivity contribution in [3.8, 4) is 0 Å². The lowest BCUT2D eigenvalue weighted by molar-refractivity contribution is 0.0949. The van der Waals surface area contributed by atoms with Crippen molar-refractivity contribution < 1.29 is 9.18 Å². The topological polar surface area (TPSA) is 45.2 Å². The van der Waals surface area contributed by atoms with Crippen LogP contribution in [0.1, 0.15) is 23.2 Å². The molecule has 0 bridgehead atoms. The molecule has 1 amide bonds. The Hall–Kier alpha value is -1.49. The molecule has 17 heavy (non-hydrogen) atoms. The van der Waals surface area contributed by atoms with Gasteiger partial charge in [0.05, 0.1) is 5.56 Å². The standard InChI is InChI=1S/C12H16FN3O/c13-11-4-3-10(9-15-11)12(17)14-5-8-16-6-1-2-7-16/h3-4,9H,1-2,5-8H2,(H,14,17)/i13-1. The Labute approximate surface area is 99.8 Å². The van der Waals surface area contributed by atoms with E-state index in [2.05, 4.69) is 15.2 Å². The van der Waals surface area contributed by atoms with Crippen molar-refractivity contribution in [3.05, 3.63) is 29.8 Å². The highest BCUT2D eigenvalue weighted by molar-refractivity contribution is 5.93. The number of aromatic nitrogens is 1. The summed E-state index contributed by atoms with van der Waals surface area (Å²) >= 11 is 0. The molecule has 1 N–H and O–H groups in total. The lowest BCUT2D eigenvalue weighted by atomic mass is 10.2. The van der Waals surface area contributed by atoms with Crippen LogP contribution in [0.15, 0.2) is 18.3 Å². The zero-order valence-corrected chi connectivity index (χ0v) is 9.66. The zero-order valence-electron chi connectivity index (χ0n) is 9.66. The number of amides is 1. The van der Waals surface area contributed by atoms with E-state index in [0.717, 1.165) is 19.6 Å². The fourth-order valence-electron chi connectivity index (χ4n) is 1.95. The van der Waals surface area contributed by atoms with Gasteiger partial charge in [-0.1, -0.05) is 0 Å². The molecular formula is C12H16FN3O. The quantitative estimate of drug-likeness (QED) is 0.795. The maximum Gasteiger partial charge on any atom is 0.252 e. The monoisotopic (exact) mass is 236 g/mol. The molecule has 2 rings (SSSR count). The van der Waals surface area contributed by atoms with Gasteiger partial charge in [0, 0.05) is 19.3 Å². The van der Waals surface area contributed by atoms with E-state index in [0.29, 0.717) is 12.1 Å². The number of rotatable bonds is 4. The number of carbonyl (C=O) groups is 1. The molecule has 0 aliphatic carbocycles. The summed E-state index contributed by atoms with van der Waals surface area (Å²) in [6, 6.07) is 2.63. The lowest BCUT2D eigenvalue weighted by Gasteiger charge is -2.14. The molecule has 1 fully saturated rings. The second-order valence-electron chi connectivity index (χ2n) is 4.17. The maximum absolute atomic E-state index is 12.6. The van der Waals surface area contributed by atoms with Crippen molar-refractivity contribution in [1.82, 2.24) is 15.2 Å². The van der Waals surface area contributed by atoms with Crippen LogP contribution < -0.4 is 5.32 Å². The number of halogens is 1. The van der Waals surface area contributed by atoms with E-state index in [1.807, 2.05) is 0 Å². The molecule has 5 heteroatoms. The predicted molar refractivity (Wildman–Crippen MR) is 62.2 cm³/mol. The van der Waals surface area contributed by atoms with Crippen molar-refractivity contribution in [2.45, 2.75) is 12.8 Å². The highest BCUT2D eigenvalue weighted by Crippen LogP contribution is 2.05. The first-order valence-corrected chi connectivity index (χ1v) is 5.88. The van der Waals surface area contributed by atoms with Crippen LogP contribution in [-0.4, -0.2) is 42.0 Å². The van der Waals surface area contributed by atoms with Gasteiger partial charge < -0.3 is 10.2 Å². The van der Waals surface area contributed by atoms with Gasteiger partial charge in [-0.05, 0) is 38.1 Å². The molecule has 1 aliphatic rings. The van der Waals surface area contributed by atoms with Crippen LogP contribution >= 0.6 is 0 Å². The van der Waals surface area contributed by atoms with E-state index in [4.69, 9.17) is 0 Å². The fraction of sp³-hybridized carbons (Fsp3) is 0.500. The molecule has 4 nitrogen and oxygen atoms in total. The average molecular weight is 236 g/mol. The number of pyridine rings is 1. The Morgan fingerprint density at radius 3 is 2.82 bits per heavy atom. The second-order valence-corrected chi connectivity index (χ2v) is 4.17. The van der Waals surface area contributed by atoms with Crippen LogP contribution in [0, 0.1) is 5.95 Å². The SMILES string of the molecule is O=C(NCCN1CCCC1)c1ccc([18F])nc1. The molecule has 92 valence electrons. The molecule has 0 aromatic carbocycles. The van der Waals surface area contributed by atoms with Crippen LogP contribution in [0.3, 0.4) is 0 Å². The van der Waals surface area contributed by atoms with Crippen LogP contribution in [-0.2, 0) is 0 Å². The van der Waals surface area contributed by atoms with Gasteiger partial charge in [0.15, 0.2) is 0 Å². The smallest absolute Gasteiger partial charge is 0.252 e. The van der Waals surface area contributed by atoms with Gasteiger partial charge in [-0.25, -0.2) is 4.98 Å².